The number of benzene rings is 2. The molecule has 0 atom stereocenters. The number of nitrogens with two attached hydrogens (primary N) is 1. The Hall–Kier alpha value is -1.43. The maximum Gasteiger partial charge on any atom is 0.262 e. The van der Waals surface area contributed by atoms with Gasteiger partial charge in [-0.25, -0.2) is 8.42 Å². The molecule has 0 aromatic heterocycles. The summed E-state index contributed by atoms with van der Waals surface area (Å²) in [4.78, 5) is 0.0766. The van der Waals surface area contributed by atoms with Crippen molar-refractivity contribution in [2.75, 3.05) is 10.5 Å². The van der Waals surface area contributed by atoms with Gasteiger partial charge < -0.3 is 5.73 Å². The van der Waals surface area contributed by atoms with Crippen molar-refractivity contribution in [1.82, 2.24) is 0 Å². The highest BCUT2D eigenvalue weighted by atomic mass is 35.5. The minimum atomic E-state index is -3.78. The van der Waals surface area contributed by atoms with Crippen LogP contribution >= 0.6 is 23.2 Å². The molecule has 2 aromatic rings. The number of halogens is 2. The van der Waals surface area contributed by atoms with E-state index >= 15 is 0 Å². The van der Waals surface area contributed by atoms with E-state index in [0.29, 0.717) is 10.7 Å². The second-order valence-electron chi connectivity index (χ2n) is 4.77. The highest BCUT2D eigenvalue weighted by Gasteiger charge is 2.17. The molecular formula is C14H14Cl2N2O2S. The SMILES string of the molecule is Cc1cc(N)cc(S(=O)(=O)Nc2cc(Cl)c(C)cc2Cl)c1. The Morgan fingerprint density at radius 3 is 2.29 bits per heavy atom. The number of hydrogen-bond donors (Lipinski definition) is 2. The van der Waals surface area contributed by atoms with E-state index in [1.807, 2.05) is 0 Å². The van der Waals surface area contributed by atoms with Crippen LogP contribution in [0.5, 0.6) is 0 Å². The first-order valence-corrected chi connectivity index (χ1v) is 8.28. The Morgan fingerprint density at radius 1 is 1.00 bits per heavy atom. The highest BCUT2D eigenvalue weighted by molar-refractivity contribution is 7.92. The molecule has 0 aliphatic heterocycles. The van der Waals surface area contributed by atoms with E-state index in [2.05, 4.69) is 4.72 Å². The molecule has 0 fully saturated rings. The molecule has 7 heteroatoms. The first-order chi connectivity index (χ1) is 9.69. The first-order valence-electron chi connectivity index (χ1n) is 6.04. The van der Waals surface area contributed by atoms with Crippen LogP contribution in [0.15, 0.2) is 35.2 Å². The molecule has 0 spiro atoms. The molecule has 21 heavy (non-hydrogen) atoms. The van der Waals surface area contributed by atoms with Crippen LogP contribution in [0.1, 0.15) is 11.1 Å². The van der Waals surface area contributed by atoms with Gasteiger partial charge in [0.25, 0.3) is 10.0 Å². The van der Waals surface area contributed by atoms with E-state index in [1.54, 1.807) is 26.0 Å². The van der Waals surface area contributed by atoms with Gasteiger partial charge in [0.05, 0.1) is 15.6 Å². The quantitative estimate of drug-likeness (QED) is 0.826. The van der Waals surface area contributed by atoms with Crippen molar-refractivity contribution in [3.8, 4) is 0 Å². The summed E-state index contributed by atoms with van der Waals surface area (Å²) in [6.07, 6.45) is 0. The predicted molar refractivity (Wildman–Crippen MR) is 87.6 cm³/mol. The third-order valence-corrected chi connectivity index (χ3v) is 4.94. The Balaban J connectivity index is 2.44. The second kappa shape index (κ2) is 5.75. The Kier molecular flexibility index (Phi) is 4.37. The summed E-state index contributed by atoms with van der Waals surface area (Å²) in [6, 6.07) is 7.69. The van der Waals surface area contributed by atoms with E-state index in [0.717, 1.165) is 11.1 Å². The van der Waals surface area contributed by atoms with E-state index < -0.39 is 10.0 Å². The number of nitrogens with one attached hydrogen (secondary N) is 1. The smallest absolute Gasteiger partial charge is 0.262 e. The van der Waals surface area contributed by atoms with Crippen molar-refractivity contribution >= 4 is 44.6 Å². The molecule has 0 bridgehead atoms. The number of aryl methyl sites for hydroxylation is 2. The van der Waals surface area contributed by atoms with Gasteiger partial charge in [-0.1, -0.05) is 23.2 Å². The average Bonchev–Trinajstić information content (AvgIpc) is 2.34. The van der Waals surface area contributed by atoms with E-state index in [-0.39, 0.29) is 15.6 Å². The van der Waals surface area contributed by atoms with Gasteiger partial charge >= 0.3 is 0 Å². The molecule has 112 valence electrons. The van der Waals surface area contributed by atoms with Crippen molar-refractivity contribution in [2.24, 2.45) is 0 Å². The molecule has 0 heterocycles. The van der Waals surface area contributed by atoms with Crippen molar-refractivity contribution in [1.29, 1.82) is 0 Å². The molecule has 0 amide bonds. The fourth-order valence-corrected chi connectivity index (χ4v) is 3.55. The minimum absolute atomic E-state index is 0.0766. The van der Waals surface area contributed by atoms with Crippen LogP contribution in [-0.2, 0) is 10.0 Å². The van der Waals surface area contributed by atoms with E-state index in [1.165, 1.54) is 18.2 Å². The third kappa shape index (κ3) is 3.61. The van der Waals surface area contributed by atoms with Crippen molar-refractivity contribution in [3.05, 3.63) is 51.5 Å². The zero-order valence-electron chi connectivity index (χ0n) is 11.4. The molecule has 0 saturated carbocycles. The lowest BCUT2D eigenvalue weighted by atomic mass is 10.2. The molecule has 4 nitrogen and oxygen atoms in total. The number of sulfonamides is 1. The topological polar surface area (TPSA) is 72.2 Å². The maximum absolute atomic E-state index is 12.4. The number of nitrogen functional groups attached to an aromatic ring is 1. The maximum atomic E-state index is 12.4. The number of anilines is 2. The van der Waals surface area contributed by atoms with Crippen molar-refractivity contribution in [2.45, 2.75) is 18.7 Å². The lowest BCUT2D eigenvalue weighted by Crippen LogP contribution is -2.14. The molecule has 3 N–H and O–H groups in total. The molecule has 0 aliphatic rings. The predicted octanol–water partition coefficient (Wildman–Crippen LogP) is 3.99. The first kappa shape index (κ1) is 15.9. The summed E-state index contributed by atoms with van der Waals surface area (Å²) < 4.78 is 27.2. The number of rotatable bonds is 3. The summed E-state index contributed by atoms with van der Waals surface area (Å²) >= 11 is 12.0. The monoisotopic (exact) mass is 344 g/mol. The summed E-state index contributed by atoms with van der Waals surface area (Å²) in [5.74, 6) is 0. The Morgan fingerprint density at radius 2 is 1.67 bits per heavy atom. The Labute approximate surface area is 133 Å². The summed E-state index contributed by atoms with van der Waals surface area (Å²) in [5, 5.41) is 0.710. The Bertz CT molecular complexity index is 785. The van der Waals surface area contributed by atoms with Crippen molar-refractivity contribution in [3.63, 3.8) is 0 Å². The van der Waals surface area contributed by atoms with Gasteiger partial charge in [0.1, 0.15) is 0 Å². The van der Waals surface area contributed by atoms with Gasteiger partial charge in [-0.05, 0) is 55.3 Å². The van der Waals surface area contributed by atoms with Crippen LogP contribution in [0, 0.1) is 13.8 Å². The van der Waals surface area contributed by atoms with Gasteiger partial charge in [0, 0.05) is 10.7 Å². The number of hydrogen-bond acceptors (Lipinski definition) is 3. The highest BCUT2D eigenvalue weighted by Crippen LogP contribution is 2.30. The van der Waals surface area contributed by atoms with Crippen molar-refractivity contribution < 1.29 is 8.42 Å². The zero-order chi connectivity index (χ0) is 15.8. The fourth-order valence-electron chi connectivity index (χ4n) is 1.86. The van der Waals surface area contributed by atoms with Gasteiger partial charge in [0.2, 0.25) is 0 Å². The van der Waals surface area contributed by atoms with Crippen LogP contribution in [0.4, 0.5) is 11.4 Å². The third-order valence-electron chi connectivity index (χ3n) is 2.88. The standard InChI is InChI=1S/C14H14Cl2N2O2S/c1-8-3-10(17)6-11(4-8)21(19,20)18-14-7-12(15)9(2)5-13(14)16/h3-7,18H,17H2,1-2H3. The second-order valence-corrected chi connectivity index (χ2v) is 7.26. The lowest BCUT2D eigenvalue weighted by Gasteiger charge is -2.12. The molecule has 0 aliphatic carbocycles. The normalized spacial score (nSPS) is 11.4. The molecular weight excluding hydrogens is 331 g/mol. The lowest BCUT2D eigenvalue weighted by molar-refractivity contribution is 0.601. The summed E-state index contributed by atoms with van der Waals surface area (Å²) in [7, 11) is -3.78. The van der Waals surface area contributed by atoms with Gasteiger partial charge in [0.15, 0.2) is 0 Å². The molecule has 0 unspecified atom stereocenters. The van der Waals surface area contributed by atoms with Crippen LogP contribution in [0.3, 0.4) is 0 Å². The van der Waals surface area contributed by atoms with Gasteiger partial charge in [-0.3, -0.25) is 4.72 Å². The van der Waals surface area contributed by atoms with E-state index in [4.69, 9.17) is 28.9 Å². The van der Waals surface area contributed by atoms with Crippen LogP contribution < -0.4 is 10.5 Å². The van der Waals surface area contributed by atoms with Crippen LogP contribution in [0.2, 0.25) is 10.0 Å². The largest absolute Gasteiger partial charge is 0.399 e. The molecule has 2 aromatic carbocycles. The van der Waals surface area contributed by atoms with E-state index in [9.17, 15) is 8.42 Å². The average molecular weight is 345 g/mol. The fraction of sp³-hybridized carbons (Fsp3) is 0.143. The van der Waals surface area contributed by atoms with Gasteiger partial charge in [-0.2, -0.15) is 0 Å². The summed E-state index contributed by atoms with van der Waals surface area (Å²) in [6.45, 7) is 3.55. The summed E-state index contributed by atoms with van der Waals surface area (Å²) in [5.41, 5.74) is 7.81. The van der Waals surface area contributed by atoms with Crippen LogP contribution in [0.25, 0.3) is 0 Å². The zero-order valence-corrected chi connectivity index (χ0v) is 13.8. The molecule has 0 saturated heterocycles. The molecule has 2 rings (SSSR count). The van der Waals surface area contributed by atoms with Gasteiger partial charge in [-0.15, -0.1) is 0 Å². The molecule has 0 radical (unpaired) electrons. The minimum Gasteiger partial charge on any atom is -0.399 e. The van der Waals surface area contributed by atoms with Crippen LogP contribution in [-0.4, -0.2) is 8.42 Å².